The van der Waals surface area contributed by atoms with Crippen LogP contribution in [0.15, 0.2) is 29.2 Å². The highest BCUT2D eigenvalue weighted by Crippen LogP contribution is 2.23. The van der Waals surface area contributed by atoms with E-state index in [0.717, 1.165) is 5.56 Å². The molecule has 8 heteroatoms. The molecule has 0 radical (unpaired) electrons. The first-order chi connectivity index (χ1) is 8.86. The molecule has 1 aliphatic rings. The Morgan fingerprint density at radius 3 is 2.47 bits per heavy atom. The van der Waals surface area contributed by atoms with Crippen LogP contribution < -0.4 is 5.73 Å². The molecule has 19 heavy (non-hydrogen) atoms. The second-order valence-electron chi connectivity index (χ2n) is 4.11. The van der Waals surface area contributed by atoms with Crippen molar-refractivity contribution in [1.82, 2.24) is 5.06 Å². The standard InChI is InChI=1S/C11H11N3O4S/c1-7-2-4-8(5-3-7)19(16,17)18-14-9(6-12)10(13)11(14)15/h2-5,9-10H,13H2,1H3/t9-,10-/m0/s1. The Hall–Kier alpha value is -1.95. The molecule has 1 amide bonds. The molecule has 2 rings (SSSR count). The van der Waals surface area contributed by atoms with Gasteiger partial charge >= 0.3 is 10.1 Å². The maximum absolute atomic E-state index is 11.9. The number of rotatable bonds is 3. The van der Waals surface area contributed by atoms with Crippen LogP contribution in [0.1, 0.15) is 5.56 Å². The molecule has 1 aliphatic heterocycles. The SMILES string of the molecule is Cc1ccc(S(=O)(=O)ON2C(=O)[C@@H](N)[C@@H]2C#N)cc1. The van der Waals surface area contributed by atoms with Crippen LogP contribution in [0, 0.1) is 18.3 Å². The van der Waals surface area contributed by atoms with Crippen molar-refractivity contribution in [3.63, 3.8) is 0 Å². The number of nitrogens with two attached hydrogens (primary N) is 1. The van der Waals surface area contributed by atoms with Gasteiger partial charge in [0.25, 0.3) is 5.91 Å². The highest BCUT2D eigenvalue weighted by molar-refractivity contribution is 7.86. The number of β-lactam (4-membered cyclic amide) rings is 1. The molecule has 100 valence electrons. The number of nitriles is 1. The van der Waals surface area contributed by atoms with Crippen molar-refractivity contribution in [3.8, 4) is 6.07 Å². The van der Waals surface area contributed by atoms with Crippen LogP contribution in [0.3, 0.4) is 0 Å². The Morgan fingerprint density at radius 2 is 1.95 bits per heavy atom. The average molecular weight is 281 g/mol. The number of carbonyl (C=O) groups excluding carboxylic acids is 1. The van der Waals surface area contributed by atoms with Crippen LogP contribution >= 0.6 is 0 Å². The normalized spacial score (nSPS) is 22.8. The van der Waals surface area contributed by atoms with Crippen LogP contribution in [0.25, 0.3) is 0 Å². The minimum absolute atomic E-state index is 0.0944. The van der Waals surface area contributed by atoms with Crippen LogP contribution in [-0.4, -0.2) is 31.5 Å². The number of hydrogen-bond donors (Lipinski definition) is 1. The van der Waals surface area contributed by atoms with Gasteiger partial charge in [-0.3, -0.25) is 4.79 Å². The van der Waals surface area contributed by atoms with Crippen LogP contribution in [0.4, 0.5) is 0 Å². The monoisotopic (exact) mass is 281 g/mol. The van der Waals surface area contributed by atoms with Gasteiger partial charge in [0.2, 0.25) is 0 Å². The third kappa shape index (κ3) is 2.31. The van der Waals surface area contributed by atoms with E-state index in [2.05, 4.69) is 4.28 Å². The summed E-state index contributed by atoms with van der Waals surface area (Å²) >= 11 is 0. The first-order valence-corrected chi connectivity index (χ1v) is 6.77. The fourth-order valence-corrected chi connectivity index (χ4v) is 2.49. The van der Waals surface area contributed by atoms with E-state index in [9.17, 15) is 13.2 Å². The lowest BCUT2D eigenvalue weighted by atomic mass is 10.0. The molecule has 0 unspecified atom stereocenters. The molecule has 1 aromatic carbocycles. The summed E-state index contributed by atoms with van der Waals surface area (Å²) in [6, 6.07) is 5.48. The lowest BCUT2D eigenvalue weighted by molar-refractivity contribution is -0.186. The zero-order valence-corrected chi connectivity index (χ0v) is 10.8. The number of benzene rings is 1. The summed E-state index contributed by atoms with van der Waals surface area (Å²) in [4.78, 5) is 11.3. The van der Waals surface area contributed by atoms with Gasteiger partial charge < -0.3 is 5.73 Å². The van der Waals surface area contributed by atoms with E-state index < -0.39 is 28.1 Å². The Labute approximate surface area is 110 Å². The Morgan fingerprint density at radius 1 is 1.37 bits per heavy atom. The van der Waals surface area contributed by atoms with Crippen molar-refractivity contribution < 1.29 is 17.5 Å². The summed E-state index contributed by atoms with van der Waals surface area (Å²) < 4.78 is 28.4. The zero-order chi connectivity index (χ0) is 14.2. The second-order valence-corrected chi connectivity index (χ2v) is 5.63. The van der Waals surface area contributed by atoms with Crippen LogP contribution in [-0.2, 0) is 19.2 Å². The van der Waals surface area contributed by atoms with Crippen molar-refractivity contribution in [2.24, 2.45) is 5.73 Å². The molecule has 0 aliphatic carbocycles. The van der Waals surface area contributed by atoms with E-state index in [-0.39, 0.29) is 4.90 Å². The smallest absolute Gasteiger partial charge is 0.317 e. The Bertz CT molecular complexity index is 648. The Balaban J connectivity index is 2.21. The fraction of sp³-hybridized carbons (Fsp3) is 0.273. The number of aryl methyl sites for hydroxylation is 1. The largest absolute Gasteiger partial charge is 0.317 e. The molecule has 0 spiro atoms. The molecule has 0 aromatic heterocycles. The maximum atomic E-state index is 11.9. The van der Waals surface area contributed by atoms with Gasteiger partial charge in [0.1, 0.15) is 6.04 Å². The van der Waals surface area contributed by atoms with E-state index in [0.29, 0.717) is 5.06 Å². The summed E-state index contributed by atoms with van der Waals surface area (Å²) in [6.45, 7) is 1.81. The molecule has 1 fully saturated rings. The predicted octanol–water partition coefficient (Wildman–Crippen LogP) is -0.323. The number of hydrogen-bond acceptors (Lipinski definition) is 6. The molecular formula is C11H11N3O4S. The number of carbonyl (C=O) groups is 1. The molecule has 2 N–H and O–H groups in total. The molecule has 0 bridgehead atoms. The highest BCUT2D eigenvalue weighted by Gasteiger charge is 2.49. The van der Waals surface area contributed by atoms with Gasteiger partial charge in [-0.05, 0) is 19.1 Å². The van der Waals surface area contributed by atoms with Crippen molar-refractivity contribution in [3.05, 3.63) is 29.8 Å². The lowest BCUT2D eigenvalue weighted by Gasteiger charge is -2.38. The highest BCUT2D eigenvalue weighted by atomic mass is 32.2. The van der Waals surface area contributed by atoms with Gasteiger partial charge in [-0.1, -0.05) is 17.7 Å². The molecule has 1 saturated heterocycles. The summed E-state index contributed by atoms with van der Waals surface area (Å²) in [7, 11) is -4.14. The van der Waals surface area contributed by atoms with Gasteiger partial charge in [-0.25, -0.2) is 0 Å². The van der Waals surface area contributed by atoms with Crippen LogP contribution in [0.2, 0.25) is 0 Å². The minimum atomic E-state index is -4.14. The van der Waals surface area contributed by atoms with Gasteiger partial charge in [0.15, 0.2) is 6.04 Å². The third-order valence-corrected chi connectivity index (χ3v) is 3.92. The number of nitrogens with zero attached hydrogens (tertiary/aromatic N) is 2. The van der Waals surface area contributed by atoms with Crippen LogP contribution in [0.5, 0.6) is 0 Å². The van der Waals surface area contributed by atoms with E-state index in [1.165, 1.54) is 12.1 Å². The number of amides is 1. The molecule has 7 nitrogen and oxygen atoms in total. The quantitative estimate of drug-likeness (QED) is 0.759. The van der Waals surface area contributed by atoms with E-state index >= 15 is 0 Å². The molecule has 0 saturated carbocycles. The molecule has 2 atom stereocenters. The molecular weight excluding hydrogens is 270 g/mol. The topological polar surface area (TPSA) is 113 Å². The fourth-order valence-electron chi connectivity index (χ4n) is 1.55. The molecule has 1 aromatic rings. The van der Waals surface area contributed by atoms with Gasteiger partial charge in [0, 0.05) is 0 Å². The van der Waals surface area contributed by atoms with Gasteiger partial charge in [-0.15, -0.1) is 4.28 Å². The first kappa shape index (κ1) is 13.5. The van der Waals surface area contributed by atoms with Crippen molar-refractivity contribution >= 4 is 16.0 Å². The summed E-state index contributed by atoms with van der Waals surface area (Å²) in [5.74, 6) is -0.734. The van der Waals surface area contributed by atoms with Crippen molar-refractivity contribution in [2.45, 2.75) is 23.9 Å². The molecule has 1 heterocycles. The summed E-state index contributed by atoms with van der Waals surface area (Å²) in [6.07, 6.45) is 0. The van der Waals surface area contributed by atoms with Crippen molar-refractivity contribution in [2.75, 3.05) is 0 Å². The van der Waals surface area contributed by atoms with E-state index in [1.807, 2.05) is 0 Å². The first-order valence-electron chi connectivity index (χ1n) is 5.36. The zero-order valence-electron chi connectivity index (χ0n) is 9.98. The minimum Gasteiger partial charge on any atom is -0.317 e. The van der Waals surface area contributed by atoms with E-state index in [1.54, 1.807) is 25.1 Å². The van der Waals surface area contributed by atoms with Gasteiger partial charge in [-0.2, -0.15) is 18.7 Å². The average Bonchev–Trinajstić information content (AvgIpc) is 2.38. The summed E-state index contributed by atoms with van der Waals surface area (Å²) in [5, 5.41) is 9.24. The Kier molecular flexibility index (Phi) is 3.28. The second kappa shape index (κ2) is 4.62. The number of hydroxylamine groups is 2. The predicted molar refractivity (Wildman–Crippen MR) is 63.7 cm³/mol. The van der Waals surface area contributed by atoms with Crippen molar-refractivity contribution in [1.29, 1.82) is 5.26 Å². The maximum Gasteiger partial charge on any atom is 0.317 e. The van der Waals surface area contributed by atoms with E-state index in [4.69, 9.17) is 11.0 Å². The lowest BCUT2D eigenvalue weighted by Crippen LogP contribution is -2.68. The third-order valence-electron chi connectivity index (χ3n) is 2.72. The summed E-state index contributed by atoms with van der Waals surface area (Å²) in [5.41, 5.74) is 6.24. The van der Waals surface area contributed by atoms with Gasteiger partial charge in [0.05, 0.1) is 11.0 Å².